The van der Waals surface area contributed by atoms with Gasteiger partial charge in [-0.1, -0.05) is 102 Å². The quantitative estimate of drug-likeness (QED) is 0.576. The van der Waals surface area contributed by atoms with Crippen molar-refractivity contribution in [3.8, 4) is 11.1 Å². The second-order valence-electron chi connectivity index (χ2n) is 7.03. The first-order chi connectivity index (χ1) is 12.3. The summed E-state index contributed by atoms with van der Waals surface area (Å²) in [7, 11) is 0.738. The minimum Gasteiger partial charge on any atom is -0.0654 e. The predicted octanol–water partition coefficient (Wildman–Crippen LogP) is 4.95. The highest BCUT2D eigenvalue weighted by Crippen LogP contribution is 2.46. The van der Waals surface area contributed by atoms with E-state index in [1.165, 1.54) is 51.9 Å². The van der Waals surface area contributed by atoms with Gasteiger partial charge in [-0.15, -0.1) is 0 Å². The number of rotatable bonds is 5. The van der Waals surface area contributed by atoms with Gasteiger partial charge in [0.25, 0.3) is 0 Å². The molecule has 0 heterocycles. The molecule has 0 bridgehead atoms. The van der Waals surface area contributed by atoms with Gasteiger partial charge in [-0.05, 0) is 35.6 Å². The van der Waals surface area contributed by atoms with Crippen molar-refractivity contribution in [2.75, 3.05) is 0 Å². The van der Waals surface area contributed by atoms with E-state index in [0.717, 1.165) is 9.52 Å². The number of hydrogen-bond acceptors (Lipinski definition) is 0. The molecule has 3 aromatic carbocycles. The molecule has 1 heteroatoms. The van der Waals surface area contributed by atoms with Crippen molar-refractivity contribution in [3.63, 3.8) is 0 Å². The summed E-state index contributed by atoms with van der Waals surface area (Å²) in [5.41, 5.74) is 7.43. The minimum absolute atomic E-state index is 0.575. The lowest BCUT2D eigenvalue weighted by atomic mass is 9.91. The molecule has 0 saturated heterocycles. The van der Waals surface area contributed by atoms with E-state index in [2.05, 4.69) is 80.6 Å². The van der Waals surface area contributed by atoms with E-state index in [4.69, 9.17) is 0 Å². The highest BCUT2D eigenvalue weighted by molar-refractivity contribution is 6.67. The molecule has 0 N–H and O–H groups in total. The standard InChI is InChI=1S/C24H24Si/c1-3-4-12-20-19-13-8-9-14-21(19)22-15-17(2)24(16-23(20)22)25-18-10-6-5-7-11-18/h5-11,13-16,20H,3-4,12H2,1-2H3. The molecule has 0 spiro atoms. The smallest absolute Gasteiger partial charge is 0.0654 e. The Bertz CT molecular complexity index is 880. The van der Waals surface area contributed by atoms with Crippen LogP contribution in [0, 0.1) is 6.92 Å². The summed E-state index contributed by atoms with van der Waals surface area (Å²) in [6.07, 6.45) is 3.82. The van der Waals surface area contributed by atoms with Crippen molar-refractivity contribution < 1.29 is 0 Å². The topological polar surface area (TPSA) is 0 Å². The van der Waals surface area contributed by atoms with Crippen LogP contribution in [0.4, 0.5) is 0 Å². The Hall–Kier alpha value is -2.12. The highest BCUT2D eigenvalue weighted by atomic mass is 28.2. The molecule has 0 aliphatic heterocycles. The summed E-state index contributed by atoms with van der Waals surface area (Å²) in [6, 6.07) is 24.8. The van der Waals surface area contributed by atoms with Gasteiger partial charge in [-0.3, -0.25) is 0 Å². The van der Waals surface area contributed by atoms with Gasteiger partial charge in [0.15, 0.2) is 0 Å². The Labute approximate surface area is 153 Å². The first-order valence-electron chi connectivity index (χ1n) is 9.34. The third-order valence-corrected chi connectivity index (χ3v) is 6.73. The molecule has 1 aliphatic carbocycles. The van der Waals surface area contributed by atoms with Crippen LogP contribution >= 0.6 is 0 Å². The van der Waals surface area contributed by atoms with E-state index in [0.29, 0.717) is 5.92 Å². The van der Waals surface area contributed by atoms with Crippen molar-refractivity contribution in [2.45, 2.75) is 39.0 Å². The first kappa shape index (κ1) is 16.4. The summed E-state index contributed by atoms with van der Waals surface area (Å²) < 4.78 is 0. The van der Waals surface area contributed by atoms with Crippen molar-refractivity contribution in [1.82, 2.24) is 0 Å². The van der Waals surface area contributed by atoms with Gasteiger partial charge in [0.05, 0.1) is 0 Å². The van der Waals surface area contributed by atoms with Crippen LogP contribution in [0.15, 0.2) is 66.7 Å². The van der Waals surface area contributed by atoms with E-state index in [1.807, 2.05) is 0 Å². The van der Waals surface area contributed by atoms with Gasteiger partial charge in [-0.25, -0.2) is 0 Å². The number of benzene rings is 3. The second-order valence-corrected chi connectivity index (χ2v) is 8.39. The molecule has 0 aromatic heterocycles. The molecule has 0 fully saturated rings. The zero-order chi connectivity index (χ0) is 17.2. The van der Waals surface area contributed by atoms with E-state index < -0.39 is 0 Å². The van der Waals surface area contributed by atoms with Gasteiger partial charge < -0.3 is 0 Å². The largest absolute Gasteiger partial charge is 0.121 e. The van der Waals surface area contributed by atoms with Gasteiger partial charge in [-0.2, -0.15) is 0 Å². The summed E-state index contributed by atoms with van der Waals surface area (Å²) in [6.45, 7) is 4.56. The first-order valence-corrected chi connectivity index (χ1v) is 10.3. The molecule has 124 valence electrons. The lowest BCUT2D eigenvalue weighted by molar-refractivity contribution is 0.659. The average Bonchev–Trinajstić information content (AvgIpc) is 2.94. The molecular weight excluding hydrogens is 316 g/mol. The Morgan fingerprint density at radius 1 is 0.840 bits per heavy atom. The SMILES string of the molecule is CCCCC1c2ccccc2-c2cc(C)c([Si]c3ccccc3)cc21. The molecule has 3 aromatic rings. The van der Waals surface area contributed by atoms with Crippen molar-refractivity contribution >= 4 is 19.9 Å². The maximum absolute atomic E-state index is 2.51. The van der Waals surface area contributed by atoms with Gasteiger partial charge in [0, 0.05) is 5.92 Å². The van der Waals surface area contributed by atoms with Gasteiger partial charge >= 0.3 is 0 Å². The van der Waals surface area contributed by atoms with Crippen molar-refractivity contribution in [3.05, 3.63) is 83.4 Å². The fraction of sp³-hybridized carbons (Fsp3) is 0.250. The zero-order valence-electron chi connectivity index (χ0n) is 15.0. The highest BCUT2D eigenvalue weighted by Gasteiger charge is 2.28. The Balaban J connectivity index is 1.77. The van der Waals surface area contributed by atoms with Crippen LogP contribution < -0.4 is 10.4 Å². The summed E-state index contributed by atoms with van der Waals surface area (Å²) >= 11 is 0. The number of hydrogen-bond donors (Lipinski definition) is 0. The number of unbranched alkanes of at least 4 members (excludes halogenated alkanes) is 1. The van der Waals surface area contributed by atoms with Crippen LogP contribution in [-0.4, -0.2) is 9.52 Å². The van der Waals surface area contributed by atoms with Crippen molar-refractivity contribution in [2.24, 2.45) is 0 Å². The predicted molar refractivity (Wildman–Crippen MR) is 109 cm³/mol. The minimum atomic E-state index is 0.575. The maximum Gasteiger partial charge on any atom is 0.121 e. The third kappa shape index (κ3) is 3.09. The Morgan fingerprint density at radius 2 is 1.60 bits per heavy atom. The van der Waals surface area contributed by atoms with Gasteiger partial charge in [0.1, 0.15) is 9.52 Å². The molecule has 1 aliphatic rings. The molecular formula is C24H24Si. The average molecular weight is 341 g/mol. The molecule has 0 amide bonds. The fourth-order valence-corrected chi connectivity index (χ4v) is 5.16. The van der Waals surface area contributed by atoms with E-state index in [1.54, 1.807) is 5.56 Å². The number of aryl methyl sites for hydroxylation is 1. The molecule has 1 unspecified atom stereocenters. The molecule has 1 atom stereocenters. The van der Waals surface area contributed by atoms with E-state index >= 15 is 0 Å². The second kappa shape index (κ2) is 7.01. The molecule has 2 radical (unpaired) electrons. The zero-order valence-corrected chi connectivity index (χ0v) is 16.0. The summed E-state index contributed by atoms with van der Waals surface area (Å²) in [5.74, 6) is 0.575. The maximum atomic E-state index is 2.51. The molecule has 0 nitrogen and oxygen atoms in total. The number of fused-ring (bicyclic) bond motifs is 3. The van der Waals surface area contributed by atoms with E-state index in [-0.39, 0.29) is 0 Å². The normalized spacial score (nSPS) is 15.0. The molecule has 0 saturated carbocycles. The van der Waals surface area contributed by atoms with Crippen molar-refractivity contribution in [1.29, 1.82) is 0 Å². The van der Waals surface area contributed by atoms with Crippen LogP contribution in [0.2, 0.25) is 0 Å². The monoisotopic (exact) mass is 340 g/mol. The molecule has 4 rings (SSSR count). The lowest BCUT2D eigenvalue weighted by Crippen LogP contribution is -2.29. The van der Waals surface area contributed by atoms with Gasteiger partial charge in [0.2, 0.25) is 0 Å². The third-order valence-electron chi connectivity index (χ3n) is 5.30. The molecule has 25 heavy (non-hydrogen) atoms. The summed E-state index contributed by atoms with van der Waals surface area (Å²) in [5, 5.41) is 2.92. The fourth-order valence-electron chi connectivity index (χ4n) is 3.99. The van der Waals surface area contributed by atoms with E-state index in [9.17, 15) is 0 Å². The van der Waals surface area contributed by atoms with Crippen LogP contribution in [-0.2, 0) is 0 Å². The van der Waals surface area contributed by atoms with Crippen LogP contribution in [0.1, 0.15) is 48.8 Å². The lowest BCUT2D eigenvalue weighted by Gasteiger charge is -2.15. The summed E-state index contributed by atoms with van der Waals surface area (Å²) in [4.78, 5) is 0. The van der Waals surface area contributed by atoms with Crippen LogP contribution in [0.25, 0.3) is 11.1 Å². The Kier molecular flexibility index (Phi) is 4.59. The van der Waals surface area contributed by atoms with Crippen LogP contribution in [0.5, 0.6) is 0 Å². The Morgan fingerprint density at radius 3 is 2.40 bits per heavy atom. The van der Waals surface area contributed by atoms with Crippen LogP contribution in [0.3, 0.4) is 0 Å².